The van der Waals surface area contributed by atoms with Gasteiger partial charge in [0.1, 0.15) is 11.0 Å². The standard InChI is InChI=1S/C15H24ClN3O2/c1-4-5-8-21-9-6-7-17-15(20)12-10-13(16)18-14(11-12)19(2)3/h10-11H,4-9H2,1-3H3,(H,17,20). The fourth-order valence-electron chi connectivity index (χ4n) is 1.67. The number of carbonyl (C=O) groups is 1. The smallest absolute Gasteiger partial charge is 0.251 e. The maximum absolute atomic E-state index is 12.1. The minimum Gasteiger partial charge on any atom is -0.381 e. The van der Waals surface area contributed by atoms with E-state index in [1.807, 2.05) is 19.0 Å². The van der Waals surface area contributed by atoms with Crippen molar-refractivity contribution < 1.29 is 9.53 Å². The summed E-state index contributed by atoms with van der Waals surface area (Å²) in [6.07, 6.45) is 3.01. The minimum atomic E-state index is -0.143. The summed E-state index contributed by atoms with van der Waals surface area (Å²) < 4.78 is 5.44. The van der Waals surface area contributed by atoms with Crippen molar-refractivity contribution >= 4 is 23.3 Å². The average molecular weight is 314 g/mol. The fraction of sp³-hybridized carbons (Fsp3) is 0.600. The van der Waals surface area contributed by atoms with E-state index in [0.717, 1.165) is 25.9 Å². The Morgan fingerprint density at radius 3 is 2.71 bits per heavy atom. The Kier molecular flexibility index (Phi) is 8.08. The van der Waals surface area contributed by atoms with Crippen molar-refractivity contribution in [2.75, 3.05) is 38.8 Å². The molecule has 118 valence electrons. The molecule has 1 rings (SSSR count). The van der Waals surface area contributed by atoms with E-state index in [1.165, 1.54) is 0 Å². The van der Waals surface area contributed by atoms with Crippen LogP contribution in [0.3, 0.4) is 0 Å². The van der Waals surface area contributed by atoms with E-state index in [0.29, 0.717) is 29.7 Å². The highest BCUT2D eigenvalue weighted by atomic mass is 35.5. The second kappa shape index (κ2) is 9.58. The number of hydrogen-bond acceptors (Lipinski definition) is 4. The van der Waals surface area contributed by atoms with Crippen molar-refractivity contribution in [3.05, 3.63) is 22.8 Å². The van der Waals surface area contributed by atoms with Gasteiger partial charge in [-0.3, -0.25) is 4.79 Å². The van der Waals surface area contributed by atoms with Gasteiger partial charge in [-0.1, -0.05) is 24.9 Å². The van der Waals surface area contributed by atoms with Crippen molar-refractivity contribution in [1.82, 2.24) is 10.3 Å². The van der Waals surface area contributed by atoms with Gasteiger partial charge in [0, 0.05) is 39.4 Å². The average Bonchev–Trinajstić information content (AvgIpc) is 2.45. The molecule has 0 bridgehead atoms. The van der Waals surface area contributed by atoms with E-state index in [9.17, 15) is 4.79 Å². The number of ether oxygens (including phenoxy) is 1. The van der Waals surface area contributed by atoms with Crippen LogP contribution >= 0.6 is 11.6 Å². The summed E-state index contributed by atoms with van der Waals surface area (Å²) in [5, 5.41) is 3.17. The molecule has 0 radical (unpaired) electrons. The molecule has 0 aromatic carbocycles. The molecule has 6 heteroatoms. The van der Waals surface area contributed by atoms with Crippen LogP contribution in [0.1, 0.15) is 36.5 Å². The lowest BCUT2D eigenvalue weighted by molar-refractivity contribution is 0.0940. The van der Waals surface area contributed by atoms with Crippen LogP contribution in [-0.2, 0) is 4.74 Å². The molecule has 0 saturated carbocycles. The van der Waals surface area contributed by atoms with Crippen molar-refractivity contribution in [3.8, 4) is 0 Å². The van der Waals surface area contributed by atoms with Crippen LogP contribution in [0, 0.1) is 0 Å². The number of unbranched alkanes of at least 4 members (excludes halogenated alkanes) is 1. The summed E-state index contributed by atoms with van der Waals surface area (Å²) in [5.41, 5.74) is 0.519. The van der Waals surface area contributed by atoms with Crippen LogP contribution in [0.5, 0.6) is 0 Å². The molecular formula is C15H24ClN3O2. The first kappa shape index (κ1) is 17.7. The molecule has 0 saturated heterocycles. The van der Waals surface area contributed by atoms with Crippen LogP contribution in [0.25, 0.3) is 0 Å². The third-order valence-corrected chi connectivity index (χ3v) is 3.09. The largest absolute Gasteiger partial charge is 0.381 e. The number of nitrogens with one attached hydrogen (secondary N) is 1. The number of aromatic nitrogens is 1. The molecule has 0 unspecified atom stereocenters. The molecular weight excluding hydrogens is 290 g/mol. The summed E-state index contributed by atoms with van der Waals surface area (Å²) in [6.45, 7) is 4.17. The van der Waals surface area contributed by atoms with Gasteiger partial charge in [0.15, 0.2) is 0 Å². The number of carbonyl (C=O) groups excluding carboxylic acids is 1. The fourth-order valence-corrected chi connectivity index (χ4v) is 1.87. The van der Waals surface area contributed by atoms with Crippen LogP contribution in [-0.4, -0.2) is 44.7 Å². The van der Waals surface area contributed by atoms with Gasteiger partial charge in [-0.25, -0.2) is 4.98 Å². The first-order chi connectivity index (χ1) is 10.0. The van der Waals surface area contributed by atoms with Gasteiger partial charge in [-0.2, -0.15) is 0 Å². The van der Waals surface area contributed by atoms with Crippen LogP contribution in [0.2, 0.25) is 5.15 Å². The van der Waals surface area contributed by atoms with Gasteiger partial charge >= 0.3 is 0 Å². The molecule has 1 aromatic rings. The van der Waals surface area contributed by atoms with Crippen LogP contribution in [0.15, 0.2) is 12.1 Å². The number of hydrogen-bond donors (Lipinski definition) is 1. The molecule has 0 fully saturated rings. The first-order valence-corrected chi connectivity index (χ1v) is 7.63. The second-order valence-corrected chi connectivity index (χ2v) is 5.39. The minimum absolute atomic E-state index is 0.143. The zero-order valence-electron chi connectivity index (χ0n) is 13.0. The molecule has 5 nitrogen and oxygen atoms in total. The highest BCUT2D eigenvalue weighted by Crippen LogP contribution is 2.16. The first-order valence-electron chi connectivity index (χ1n) is 7.25. The molecule has 0 atom stereocenters. The number of anilines is 1. The van der Waals surface area contributed by atoms with Gasteiger partial charge in [-0.05, 0) is 25.0 Å². The molecule has 1 heterocycles. The van der Waals surface area contributed by atoms with Gasteiger partial charge in [-0.15, -0.1) is 0 Å². The number of pyridine rings is 1. The summed E-state index contributed by atoms with van der Waals surface area (Å²) in [4.78, 5) is 18.0. The number of halogens is 1. The molecule has 1 N–H and O–H groups in total. The summed E-state index contributed by atoms with van der Waals surface area (Å²) in [7, 11) is 3.71. The molecule has 0 spiro atoms. The quantitative estimate of drug-likeness (QED) is 0.562. The maximum atomic E-state index is 12.1. The Hall–Kier alpha value is -1.33. The van der Waals surface area contributed by atoms with E-state index < -0.39 is 0 Å². The molecule has 1 aromatic heterocycles. The zero-order chi connectivity index (χ0) is 15.7. The van der Waals surface area contributed by atoms with E-state index in [4.69, 9.17) is 16.3 Å². The maximum Gasteiger partial charge on any atom is 0.251 e. The van der Waals surface area contributed by atoms with Gasteiger partial charge in [0.2, 0.25) is 0 Å². The van der Waals surface area contributed by atoms with E-state index in [1.54, 1.807) is 12.1 Å². The summed E-state index contributed by atoms with van der Waals surface area (Å²) in [6, 6.07) is 3.29. The third kappa shape index (κ3) is 6.78. The van der Waals surface area contributed by atoms with Gasteiger partial charge in [0.25, 0.3) is 5.91 Å². The van der Waals surface area contributed by atoms with E-state index >= 15 is 0 Å². The van der Waals surface area contributed by atoms with Gasteiger partial charge in [0.05, 0.1) is 0 Å². The number of amides is 1. The predicted molar refractivity (Wildman–Crippen MR) is 86.3 cm³/mol. The van der Waals surface area contributed by atoms with Gasteiger partial charge < -0.3 is 15.0 Å². The highest BCUT2D eigenvalue weighted by molar-refractivity contribution is 6.29. The summed E-state index contributed by atoms with van der Waals surface area (Å²) in [5.74, 6) is 0.520. The topological polar surface area (TPSA) is 54.5 Å². The van der Waals surface area contributed by atoms with Crippen LogP contribution in [0.4, 0.5) is 5.82 Å². The monoisotopic (exact) mass is 313 g/mol. The third-order valence-electron chi connectivity index (χ3n) is 2.89. The Bertz CT molecular complexity index is 453. The Balaban J connectivity index is 2.38. The SMILES string of the molecule is CCCCOCCCNC(=O)c1cc(Cl)nc(N(C)C)c1. The molecule has 21 heavy (non-hydrogen) atoms. The van der Waals surface area contributed by atoms with Crippen molar-refractivity contribution in [2.45, 2.75) is 26.2 Å². The molecule has 0 aliphatic heterocycles. The number of nitrogens with zero attached hydrogens (tertiary/aromatic N) is 2. The lowest BCUT2D eigenvalue weighted by atomic mass is 10.2. The predicted octanol–water partition coefficient (Wildman–Crippen LogP) is 2.74. The lowest BCUT2D eigenvalue weighted by Gasteiger charge is -2.13. The van der Waals surface area contributed by atoms with E-state index in [2.05, 4.69) is 17.2 Å². The van der Waals surface area contributed by atoms with Crippen molar-refractivity contribution in [2.24, 2.45) is 0 Å². The van der Waals surface area contributed by atoms with Crippen molar-refractivity contribution in [1.29, 1.82) is 0 Å². The molecule has 0 aliphatic rings. The Morgan fingerprint density at radius 2 is 2.05 bits per heavy atom. The Morgan fingerprint density at radius 1 is 1.33 bits per heavy atom. The zero-order valence-corrected chi connectivity index (χ0v) is 13.7. The molecule has 0 aliphatic carbocycles. The normalized spacial score (nSPS) is 10.5. The lowest BCUT2D eigenvalue weighted by Crippen LogP contribution is -2.26. The second-order valence-electron chi connectivity index (χ2n) is 5.01. The summed E-state index contributed by atoms with van der Waals surface area (Å²) >= 11 is 5.93. The van der Waals surface area contributed by atoms with Crippen LogP contribution < -0.4 is 10.2 Å². The Labute approximate surface area is 131 Å². The number of rotatable bonds is 9. The van der Waals surface area contributed by atoms with Crippen molar-refractivity contribution in [3.63, 3.8) is 0 Å². The highest BCUT2D eigenvalue weighted by Gasteiger charge is 2.09. The van der Waals surface area contributed by atoms with E-state index in [-0.39, 0.29) is 5.91 Å². The molecule has 1 amide bonds.